The molecule has 10 heteroatoms. The molecule has 1 aromatic carbocycles. The van der Waals surface area contributed by atoms with Crippen LogP contribution in [0.1, 0.15) is 45.6 Å². The number of carbonyl (C=O) groups is 4. The summed E-state index contributed by atoms with van der Waals surface area (Å²) in [6.45, 7) is 5.31. The Morgan fingerprint density at radius 3 is 2.03 bits per heavy atom. The van der Waals surface area contributed by atoms with Crippen LogP contribution in [0.2, 0.25) is 0 Å². The standard InChI is InChI=1S/C22H35N5O5/c1-13(2)19(25-14(3)28)22(32)27-18(12-15-7-9-16(29)10-8-15)21(31)26-17(20(24)30)6-4-5-11-23/h7-10,13,17-19,29H,4-6,11-12,23H2,1-3H3,(H2,24,30)(H,25,28)(H,26,31)(H,27,32)/t17-,18-,19-/m0/s1. The number of unbranched alkanes of at least 4 members (excludes halogenated alkanes) is 1. The van der Waals surface area contributed by atoms with Crippen molar-refractivity contribution >= 4 is 23.6 Å². The first-order valence-electron chi connectivity index (χ1n) is 10.7. The number of amides is 4. The molecular formula is C22H35N5O5. The Labute approximate surface area is 188 Å². The molecule has 32 heavy (non-hydrogen) atoms. The van der Waals surface area contributed by atoms with Gasteiger partial charge in [0.05, 0.1) is 0 Å². The number of primary amides is 1. The molecule has 0 aliphatic rings. The number of benzene rings is 1. The third-order valence-corrected chi connectivity index (χ3v) is 4.92. The highest BCUT2D eigenvalue weighted by atomic mass is 16.3. The Balaban J connectivity index is 3.05. The number of aromatic hydroxyl groups is 1. The number of hydrogen-bond donors (Lipinski definition) is 6. The van der Waals surface area contributed by atoms with Gasteiger partial charge in [-0.25, -0.2) is 0 Å². The fourth-order valence-corrected chi connectivity index (χ4v) is 3.14. The van der Waals surface area contributed by atoms with Gasteiger partial charge in [-0.3, -0.25) is 19.2 Å². The molecule has 0 unspecified atom stereocenters. The van der Waals surface area contributed by atoms with E-state index >= 15 is 0 Å². The van der Waals surface area contributed by atoms with E-state index in [0.717, 1.165) is 0 Å². The number of rotatable bonds is 13. The zero-order chi connectivity index (χ0) is 24.3. The minimum atomic E-state index is -1.03. The van der Waals surface area contributed by atoms with Gasteiger partial charge in [0.15, 0.2) is 0 Å². The average molecular weight is 450 g/mol. The largest absolute Gasteiger partial charge is 0.508 e. The topological polar surface area (TPSA) is 177 Å². The Kier molecular flexibility index (Phi) is 11.2. The van der Waals surface area contributed by atoms with Crippen LogP contribution in [0.15, 0.2) is 24.3 Å². The van der Waals surface area contributed by atoms with E-state index in [1.165, 1.54) is 19.1 Å². The van der Waals surface area contributed by atoms with Crippen molar-refractivity contribution in [2.24, 2.45) is 17.4 Å². The zero-order valence-electron chi connectivity index (χ0n) is 18.9. The van der Waals surface area contributed by atoms with Gasteiger partial charge in [0, 0.05) is 13.3 Å². The summed E-state index contributed by atoms with van der Waals surface area (Å²) in [5, 5.41) is 17.4. The van der Waals surface area contributed by atoms with Crippen molar-refractivity contribution in [2.45, 2.75) is 64.6 Å². The van der Waals surface area contributed by atoms with Gasteiger partial charge in [-0.1, -0.05) is 26.0 Å². The SMILES string of the molecule is CC(=O)N[C@H](C(=O)N[C@@H](Cc1ccc(O)cc1)C(=O)N[C@@H](CCCCN)C(N)=O)C(C)C. The van der Waals surface area contributed by atoms with E-state index in [1.54, 1.807) is 26.0 Å². The molecule has 178 valence electrons. The molecule has 0 aliphatic heterocycles. The molecule has 0 heterocycles. The maximum absolute atomic E-state index is 13.0. The van der Waals surface area contributed by atoms with Gasteiger partial charge in [0.1, 0.15) is 23.9 Å². The molecule has 0 fully saturated rings. The highest BCUT2D eigenvalue weighted by molar-refractivity contribution is 5.94. The van der Waals surface area contributed by atoms with E-state index in [0.29, 0.717) is 31.4 Å². The van der Waals surface area contributed by atoms with Gasteiger partial charge in [-0.2, -0.15) is 0 Å². The first kappa shape index (κ1) is 26.9. The summed E-state index contributed by atoms with van der Waals surface area (Å²) < 4.78 is 0. The number of carbonyl (C=O) groups excluding carboxylic acids is 4. The lowest BCUT2D eigenvalue weighted by molar-refractivity contribution is -0.133. The number of phenols is 1. The van der Waals surface area contributed by atoms with E-state index in [1.807, 2.05) is 0 Å². The molecule has 0 aliphatic carbocycles. The van der Waals surface area contributed by atoms with Crippen LogP contribution in [0.4, 0.5) is 0 Å². The quantitative estimate of drug-likeness (QED) is 0.225. The fourth-order valence-electron chi connectivity index (χ4n) is 3.14. The number of nitrogens with two attached hydrogens (primary N) is 2. The summed E-state index contributed by atoms with van der Waals surface area (Å²) in [7, 11) is 0. The van der Waals surface area contributed by atoms with Crippen molar-refractivity contribution in [3.05, 3.63) is 29.8 Å². The van der Waals surface area contributed by atoms with Gasteiger partial charge < -0.3 is 32.5 Å². The van der Waals surface area contributed by atoms with Crippen LogP contribution in [0.5, 0.6) is 5.75 Å². The number of nitrogens with one attached hydrogen (secondary N) is 3. The van der Waals surface area contributed by atoms with Gasteiger partial charge in [-0.05, 0) is 49.4 Å². The number of hydrogen-bond acceptors (Lipinski definition) is 6. The van der Waals surface area contributed by atoms with Gasteiger partial charge >= 0.3 is 0 Å². The second-order valence-corrected chi connectivity index (χ2v) is 8.10. The zero-order valence-corrected chi connectivity index (χ0v) is 18.9. The molecule has 0 bridgehead atoms. The fraction of sp³-hybridized carbons (Fsp3) is 0.545. The van der Waals surface area contributed by atoms with E-state index in [2.05, 4.69) is 16.0 Å². The van der Waals surface area contributed by atoms with Gasteiger partial charge in [0.25, 0.3) is 0 Å². The lowest BCUT2D eigenvalue weighted by Crippen LogP contribution is -2.57. The second kappa shape index (κ2) is 13.3. The summed E-state index contributed by atoms with van der Waals surface area (Å²) in [5.74, 6) is -2.29. The van der Waals surface area contributed by atoms with Crippen LogP contribution in [-0.2, 0) is 25.6 Å². The maximum Gasteiger partial charge on any atom is 0.243 e. The van der Waals surface area contributed by atoms with Crippen molar-refractivity contribution in [1.82, 2.24) is 16.0 Å². The molecule has 3 atom stereocenters. The van der Waals surface area contributed by atoms with E-state index < -0.39 is 35.8 Å². The van der Waals surface area contributed by atoms with Gasteiger partial charge in [-0.15, -0.1) is 0 Å². The predicted octanol–water partition coefficient (Wildman–Crippen LogP) is -0.321. The smallest absolute Gasteiger partial charge is 0.243 e. The van der Waals surface area contributed by atoms with E-state index in [4.69, 9.17) is 11.5 Å². The lowest BCUT2D eigenvalue weighted by atomic mass is 10.0. The van der Waals surface area contributed by atoms with Crippen LogP contribution in [0.25, 0.3) is 0 Å². The van der Waals surface area contributed by atoms with Crippen molar-refractivity contribution in [3.63, 3.8) is 0 Å². The minimum Gasteiger partial charge on any atom is -0.508 e. The monoisotopic (exact) mass is 449 g/mol. The van der Waals surface area contributed by atoms with Crippen molar-refractivity contribution < 1.29 is 24.3 Å². The van der Waals surface area contributed by atoms with E-state index in [9.17, 15) is 24.3 Å². The van der Waals surface area contributed by atoms with Gasteiger partial charge in [0.2, 0.25) is 23.6 Å². The first-order chi connectivity index (χ1) is 15.0. The second-order valence-electron chi connectivity index (χ2n) is 8.10. The van der Waals surface area contributed by atoms with Crippen LogP contribution in [-0.4, -0.2) is 53.4 Å². The molecular weight excluding hydrogens is 414 g/mol. The highest BCUT2D eigenvalue weighted by Gasteiger charge is 2.30. The molecule has 0 spiro atoms. The molecule has 4 amide bonds. The summed E-state index contributed by atoms with van der Waals surface area (Å²) in [6, 6.07) is 3.44. The summed E-state index contributed by atoms with van der Waals surface area (Å²) in [4.78, 5) is 49.2. The summed E-state index contributed by atoms with van der Waals surface area (Å²) in [5.41, 5.74) is 11.6. The molecule has 8 N–H and O–H groups in total. The van der Waals surface area contributed by atoms with Crippen LogP contribution in [0.3, 0.4) is 0 Å². The third kappa shape index (κ3) is 9.34. The summed E-state index contributed by atoms with van der Waals surface area (Å²) >= 11 is 0. The molecule has 1 aromatic rings. The molecule has 0 saturated carbocycles. The Morgan fingerprint density at radius 2 is 1.53 bits per heavy atom. The highest BCUT2D eigenvalue weighted by Crippen LogP contribution is 2.12. The van der Waals surface area contributed by atoms with Crippen molar-refractivity contribution in [3.8, 4) is 5.75 Å². The molecule has 0 radical (unpaired) electrons. The minimum absolute atomic E-state index is 0.0676. The number of phenolic OH excluding ortho intramolecular Hbond substituents is 1. The summed E-state index contributed by atoms with van der Waals surface area (Å²) in [6.07, 6.45) is 1.73. The molecule has 10 nitrogen and oxygen atoms in total. The van der Waals surface area contributed by atoms with Crippen LogP contribution >= 0.6 is 0 Å². The van der Waals surface area contributed by atoms with Crippen molar-refractivity contribution in [2.75, 3.05) is 6.54 Å². The lowest BCUT2D eigenvalue weighted by Gasteiger charge is -2.26. The van der Waals surface area contributed by atoms with Crippen molar-refractivity contribution in [1.29, 1.82) is 0 Å². The predicted molar refractivity (Wildman–Crippen MR) is 120 cm³/mol. The Bertz CT molecular complexity index is 781. The van der Waals surface area contributed by atoms with Crippen LogP contribution < -0.4 is 27.4 Å². The third-order valence-electron chi connectivity index (χ3n) is 4.92. The van der Waals surface area contributed by atoms with E-state index in [-0.39, 0.29) is 24.0 Å². The average Bonchev–Trinajstić information content (AvgIpc) is 2.71. The molecule has 0 aromatic heterocycles. The first-order valence-corrected chi connectivity index (χ1v) is 10.7. The Morgan fingerprint density at radius 1 is 0.938 bits per heavy atom. The molecule has 0 saturated heterocycles. The maximum atomic E-state index is 13.0. The normalized spacial score (nSPS) is 13.7. The van der Waals surface area contributed by atoms with Crippen LogP contribution in [0, 0.1) is 5.92 Å². The molecule has 1 rings (SSSR count). The Hall–Kier alpha value is -3.14.